The van der Waals surface area contributed by atoms with Crippen molar-refractivity contribution >= 4 is 10.9 Å². The summed E-state index contributed by atoms with van der Waals surface area (Å²) in [7, 11) is 1.48. The Morgan fingerprint density at radius 3 is 2.84 bits per heavy atom. The summed E-state index contributed by atoms with van der Waals surface area (Å²) in [6.07, 6.45) is 1.36. The molecule has 1 aliphatic heterocycles. The van der Waals surface area contributed by atoms with E-state index in [9.17, 15) is 14.0 Å². The zero-order valence-electron chi connectivity index (χ0n) is 10.5. The van der Waals surface area contributed by atoms with Crippen molar-refractivity contribution in [2.75, 3.05) is 6.54 Å². The van der Waals surface area contributed by atoms with Gasteiger partial charge in [-0.2, -0.15) is 0 Å². The molecule has 2 aromatic rings. The molecule has 1 aromatic carbocycles. The van der Waals surface area contributed by atoms with Crippen LogP contribution < -0.4 is 16.6 Å². The molecule has 1 unspecified atom stereocenters. The molecule has 1 aromatic heterocycles. The third-order valence-corrected chi connectivity index (χ3v) is 3.61. The molecule has 100 valence electrons. The smallest absolute Gasteiger partial charge is 0.297 e. The summed E-state index contributed by atoms with van der Waals surface area (Å²) >= 11 is 0. The third kappa shape index (κ3) is 1.71. The van der Waals surface area contributed by atoms with Crippen LogP contribution in [0.4, 0.5) is 4.39 Å². The van der Waals surface area contributed by atoms with E-state index in [0.717, 1.165) is 19.4 Å². The van der Waals surface area contributed by atoms with E-state index in [0.29, 0.717) is 0 Å². The molecule has 3 rings (SSSR count). The third-order valence-electron chi connectivity index (χ3n) is 3.61. The molecule has 1 aliphatic rings. The highest BCUT2D eigenvalue weighted by molar-refractivity contribution is 5.78. The van der Waals surface area contributed by atoms with Crippen molar-refractivity contribution in [2.45, 2.75) is 19.0 Å². The van der Waals surface area contributed by atoms with Gasteiger partial charge in [0, 0.05) is 7.05 Å². The first-order valence-electron chi connectivity index (χ1n) is 6.24. The average Bonchev–Trinajstić information content (AvgIpc) is 2.90. The quantitative estimate of drug-likeness (QED) is 0.825. The summed E-state index contributed by atoms with van der Waals surface area (Å²) in [6, 6.07) is 4.28. The highest BCUT2D eigenvalue weighted by Gasteiger charge is 2.22. The van der Waals surface area contributed by atoms with Crippen molar-refractivity contribution in [3.8, 4) is 0 Å². The summed E-state index contributed by atoms with van der Waals surface area (Å²) in [6.45, 7) is 0.779. The predicted molar refractivity (Wildman–Crippen MR) is 69.7 cm³/mol. The van der Waals surface area contributed by atoms with E-state index in [2.05, 4.69) is 5.32 Å². The number of hydrogen-bond donors (Lipinski definition) is 1. The fourth-order valence-electron chi connectivity index (χ4n) is 2.66. The number of hydrogen-bond acceptors (Lipinski definition) is 3. The molecule has 2 heterocycles. The Balaban J connectivity index is 2.42. The Labute approximate surface area is 108 Å². The van der Waals surface area contributed by atoms with Gasteiger partial charge in [0.2, 0.25) is 0 Å². The molecule has 0 radical (unpaired) electrons. The van der Waals surface area contributed by atoms with Gasteiger partial charge in [0.25, 0.3) is 5.56 Å². The number of para-hydroxylation sites is 1. The van der Waals surface area contributed by atoms with Crippen LogP contribution in [-0.4, -0.2) is 15.7 Å². The molecule has 5 nitrogen and oxygen atoms in total. The highest BCUT2D eigenvalue weighted by atomic mass is 19.1. The van der Waals surface area contributed by atoms with Gasteiger partial charge >= 0.3 is 5.69 Å². The maximum Gasteiger partial charge on any atom is 0.332 e. The maximum atomic E-state index is 13.8. The van der Waals surface area contributed by atoms with E-state index >= 15 is 0 Å². The molecule has 1 N–H and O–H groups in total. The molecule has 0 spiro atoms. The summed E-state index contributed by atoms with van der Waals surface area (Å²) in [5, 5.41) is 3.35. The first kappa shape index (κ1) is 12.1. The molecular weight excluding hydrogens is 249 g/mol. The van der Waals surface area contributed by atoms with Crippen LogP contribution >= 0.6 is 0 Å². The van der Waals surface area contributed by atoms with Gasteiger partial charge in [0.15, 0.2) is 0 Å². The molecule has 0 bridgehead atoms. The van der Waals surface area contributed by atoms with E-state index in [-0.39, 0.29) is 17.1 Å². The molecule has 0 aliphatic carbocycles. The van der Waals surface area contributed by atoms with Crippen LogP contribution in [0.3, 0.4) is 0 Å². The maximum absolute atomic E-state index is 13.8. The monoisotopic (exact) mass is 263 g/mol. The Morgan fingerprint density at radius 1 is 1.37 bits per heavy atom. The Hall–Kier alpha value is -1.95. The second-order valence-corrected chi connectivity index (χ2v) is 4.76. The zero-order valence-corrected chi connectivity index (χ0v) is 10.5. The summed E-state index contributed by atoms with van der Waals surface area (Å²) in [5.41, 5.74) is -0.856. The summed E-state index contributed by atoms with van der Waals surface area (Å²) in [5.74, 6) is -0.555. The lowest BCUT2D eigenvalue weighted by atomic mass is 10.2. The molecular formula is C13H14FN3O2. The summed E-state index contributed by atoms with van der Waals surface area (Å²) in [4.78, 5) is 24.6. The minimum absolute atomic E-state index is 0.0618. The van der Waals surface area contributed by atoms with Gasteiger partial charge in [-0.1, -0.05) is 6.07 Å². The number of benzene rings is 1. The minimum atomic E-state index is -0.555. The van der Waals surface area contributed by atoms with Crippen molar-refractivity contribution in [1.82, 2.24) is 14.5 Å². The van der Waals surface area contributed by atoms with E-state index in [4.69, 9.17) is 0 Å². The van der Waals surface area contributed by atoms with Crippen molar-refractivity contribution in [1.29, 1.82) is 0 Å². The lowest BCUT2D eigenvalue weighted by molar-refractivity contribution is 0.429. The number of nitrogens with zero attached hydrogens (tertiary/aromatic N) is 2. The minimum Gasteiger partial charge on any atom is -0.297 e. The second kappa shape index (κ2) is 4.31. The molecule has 1 saturated heterocycles. The molecule has 6 heteroatoms. The van der Waals surface area contributed by atoms with Gasteiger partial charge in [-0.25, -0.2) is 13.8 Å². The topological polar surface area (TPSA) is 56.0 Å². The van der Waals surface area contributed by atoms with Gasteiger partial charge in [-0.15, -0.1) is 0 Å². The fraction of sp³-hybridized carbons (Fsp3) is 0.385. The standard InChI is InChI=1S/C13H14FN3O2/c1-16-11-8(4-2-5-9(11)14)12(18)17(13(16)19)10-6-3-7-15-10/h2,4-5,10,15H,3,6-7H2,1H3. The molecule has 1 atom stereocenters. The molecule has 0 amide bonds. The van der Waals surface area contributed by atoms with Crippen LogP contribution in [0.15, 0.2) is 27.8 Å². The van der Waals surface area contributed by atoms with Crippen molar-refractivity contribution in [3.05, 3.63) is 44.9 Å². The van der Waals surface area contributed by atoms with Crippen LogP contribution in [0, 0.1) is 5.82 Å². The van der Waals surface area contributed by atoms with Gasteiger partial charge < -0.3 is 0 Å². The first-order chi connectivity index (χ1) is 9.11. The molecule has 0 saturated carbocycles. The SMILES string of the molecule is Cn1c(=O)n(C2CCCN2)c(=O)c2cccc(F)c21. The molecule has 1 fully saturated rings. The van der Waals surface area contributed by atoms with Crippen molar-refractivity contribution in [3.63, 3.8) is 0 Å². The average molecular weight is 263 g/mol. The number of nitrogens with one attached hydrogen (secondary N) is 1. The molecule has 19 heavy (non-hydrogen) atoms. The normalized spacial score (nSPS) is 19.2. The van der Waals surface area contributed by atoms with Crippen LogP contribution in [-0.2, 0) is 7.05 Å². The predicted octanol–water partition coefficient (Wildman–Crippen LogP) is 0.721. The van der Waals surface area contributed by atoms with Crippen LogP contribution in [0.25, 0.3) is 10.9 Å². The Bertz CT molecular complexity index is 757. The number of halogens is 1. The number of aryl methyl sites for hydroxylation is 1. The largest absolute Gasteiger partial charge is 0.332 e. The lowest BCUT2D eigenvalue weighted by Crippen LogP contribution is -2.44. The van der Waals surface area contributed by atoms with Crippen molar-refractivity contribution in [2.24, 2.45) is 7.05 Å². The lowest BCUT2D eigenvalue weighted by Gasteiger charge is -2.16. The van der Waals surface area contributed by atoms with Gasteiger partial charge in [0.05, 0.1) is 17.1 Å². The fourth-order valence-corrected chi connectivity index (χ4v) is 2.66. The van der Waals surface area contributed by atoms with Crippen LogP contribution in [0.2, 0.25) is 0 Å². The van der Waals surface area contributed by atoms with E-state index in [1.807, 2.05) is 0 Å². The van der Waals surface area contributed by atoms with Gasteiger partial charge in [-0.3, -0.25) is 14.7 Å². The van der Waals surface area contributed by atoms with E-state index < -0.39 is 17.1 Å². The zero-order chi connectivity index (χ0) is 13.6. The highest BCUT2D eigenvalue weighted by Crippen LogP contribution is 2.16. The van der Waals surface area contributed by atoms with Crippen molar-refractivity contribution < 1.29 is 4.39 Å². The Kier molecular flexibility index (Phi) is 2.74. The number of rotatable bonds is 1. The van der Waals surface area contributed by atoms with Gasteiger partial charge in [0.1, 0.15) is 5.82 Å². The second-order valence-electron chi connectivity index (χ2n) is 4.76. The van der Waals surface area contributed by atoms with E-state index in [1.165, 1.54) is 28.3 Å². The first-order valence-corrected chi connectivity index (χ1v) is 6.24. The Morgan fingerprint density at radius 2 is 2.16 bits per heavy atom. The number of fused-ring (bicyclic) bond motifs is 1. The number of aromatic nitrogens is 2. The summed E-state index contributed by atoms with van der Waals surface area (Å²) < 4.78 is 16.2. The van der Waals surface area contributed by atoms with E-state index in [1.54, 1.807) is 6.07 Å². The van der Waals surface area contributed by atoms with Gasteiger partial charge in [-0.05, 0) is 31.5 Å². The van der Waals surface area contributed by atoms with Crippen LogP contribution in [0.1, 0.15) is 19.0 Å². The van der Waals surface area contributed by atoms with Crippen LogP contribution in [0.5, 0.6) is 0 Å².